The number of aliphatic hydroxyl groups excluding tert-OH is 3. The average Bonchev–Trinajstić information content (AvgIpc) is 2.15. The third-order valence-electron chi connectivity index (χ3n) is 1.16. The molecule has 0 aromatic heterocycles. The van der Waals surface area contributed by atoms with Crippen LogP contribution in [0.3, 0.4) is 0 Å². The lowest BCUT2D eigenvalue weighted by atomic mass is 10.4. The Bertz CT molecular complexity index is 318. The highest BCUT2D eigenvalue weighted by Crippen LogP contribution is 1.84. The van der Waals surface area contributed by atoms with Gasteiger partial charge in [0.25, 0.3) is 0 Å². The molecule has 0 saturated carbocycles. The third kappa shape index (κ3) is 8.94. The Labute approximate surface area is 95.9 Å². The van der Waals surface area contributed by atoms with E-state index in [1.165, 1.54) is 20.8 Å². The standard InChI is InChI=1S/C12H15NO3/c1-10(14)4-7-13(8-5-11(2)15)9-6-12(3)16/h10-12,14-16H,1-3H3. The van der Waals surface area contributed by atoms with Gasteiger partial charge in [-0.25, -0.2) is 0 Å². The summed E-state index contributed by atoms with van der Waals surface area (Å²) in [5.41, 5.74) is 0. The van der Waals surface area contributed by atoms with Crippen LogP contribution in [0.15, 0.2) is 0 Å². The van der Waals surface area contributed by atoms with Gasteiger partial charge in [-0.1, -0.05) is 0 Å². The number of rotatable bonds is 0. The summed E-state index contributed by atoms with van der Waals surface area (Å²) in [5.74, 6) is 7.37. The number of hydrogen-bond donors (Lipinski definition) is 3. The molecule has 3 N–H and O–H groups in total. The average molecular weight is 221 g/mol. The lowest BCUT2D eigenvalue weighted by Gasteiger charge is -1.99. The van der Waals surface area contributed by atoms with E-state index in [2.05, 4.69) is 35.9 Å². The first-order valence-electron chi connectivity index (χ1n) is 4.79. The van der Waals surface area contributed by atoms with Crippen LogP contribution < -0.4 is 0 Å². The van der Waals surface area contributed by atoms with Gasteiger partial charge in [-0.2, -0.15) is 4.90 Å². The maximum absolute atomic E-state index is 8.96. The maximum Gasteiger partial charge on any atom is 0.113 e. The van der Waals surface area contributed by atoms with Crippen molar-refractivity contribution in [1.82, 2.24) is 4.90 Å². The summed E-state index contributed by atoms with van der Waals surface area (Å²) in [5, 5.41) is 26.9. The molecule has 86 valence electrons. The van der Waals surface area contributed by atoms with Crippen LogP contribution in [0.4, 0.5) is 0 Å². The first-order valence-corrected chi connectivity index (χ1v) is 4.79. The third-order valence-corrected chi connectivity index (χ3v) is 1.16. The molecule has 0 aromatic rings. The summed E-state index contributed by atoms with van der Waals surface area (Å²) < 4.78 is 0. The van der Waals surface area contributed by atoms with Crippen molar-refractivity contribution in [2.75, 3.05) is 0 Å². The second-order valence-electron chi connectivity index (χ2n) is 3.13. The van der Waals surface area contributed by atoms with Crippen LogP contribution in [-0.2, 0) is 0 Å². The molecule has 0 aliphatic carbocycles. The van der Waals surface area contributed by atoms with Gasteiger partial charge in [0.15, 0.2) is 0 Å². The van der Waals surface area contributed by atoms with Gasteiger partial charge in [0.05, 0.1) is 0 Å². The van der Waals surface area contributed by atoms with Gasteiger partial charge in [0, 0.05) is 18.1 Å². The molecule has 0 aromatic carbocycles. The SMILES string of the molecule is CC(O)C#CN(C#CC(C)O)C#CC(C)O. The number of hydrogen-bond acceptors (Lipinski definition) is 4. The van der Waals surface area contributed by atoms with Crippen molar-refractivity contribution in [2.45, 2.75) is 39.1 Å². The molecule has 16 heavy (non-hydrogen) atoms. The second-order valence-corrected chi connectivity index (χ2v) is 3.13. The van der Waals surface area contributed by atoms with E-state index in [1.807, 2.05) is 0 Å². The number of aliphatic hydroxyl groups is 3. The van der Waals surface area contributed by atoms with Crippen molar-refractivity contribution >= 4 is 0 Å². The van der Waals surface area contributed by atoms with Crippen LogP contribution in [-0.4, -0.2) is 38.5 Å². The smallest absolute Gasteiger partial charge is 0.113 e. The first-order chi connectivity index (χ1) is 7.41. The Hall–Kier alpha value is -1.64. The van der Waals surface area contributed by atoms with Crippen molar-refractivity contribution < 1.29 is 15.3 Å². The fraction of sp³-hybridized carbons (Fsp3) is 0.500. The van der Waals surface area contributed by atoms with Crippen molar-refractivity contribution in [2.24, 2.45) is 0 Å². The predicted molar refractivity (Wildman–Crippen MR) is 60.2 cm³/mol. The lowest BCUT2D eigenvalue weighted by molar-refractivity contribution is 0.253. The zero-order valence-electron chi connectivity index (χ0n) is 9.52. The van der Waals surface area contributed by atoms with Gasteiger partial charge in [0.1, 0.15) is 18.3 Å². The van der Waals surface area contributed by atoms with Gasteiger partial charge >= 0.3 is 0 Å². The highest BCUT2D eigenvalue weighted by atomic mass is 16.3. The minimum Gasteiger partial charge on any atom is -0.381 e. The molecule has 0 rings (SSSR count). The van der Waals surface area contributed by atoms with E-state index in [-0.39, 0.29) is 0 Å². The molecule has 0 aliphatic heterocycles. The highest BCUT2D eigenvalue weighted by molar-refractivity contribution is 5.21. The normalized spacial score (nSPS) is 13.9. The van der Waals surface area contributed by atoms with E-state index in [1.54, 1.807) is 0 Å². The molecule has 0 spiro atoms. The molecule has 0 heterocycles. The molecule has 0 radical (unpaired) electrons. The van der Waals surface area contributed by atoms with Crippen molar-refractivity contribution in [3.63, 3.8) is 0 Å². The molecule has 0 fully saturated rings. The fourth-order valence-electron chi connectivity index (χ4n) is 0.558. The molecule has 0 amide bonds. The second kappa shape index (κ2) is 7.63. The van der Waals surface area contributed by atoms with Crippen molar-refractivity contribution in [3.8, 4) is 35.9 Å². The van der Waals surface area contributed by atoms with Gasteiger partial charge in [-0.15, -0.1) is 0 Å². The molecule has 3 unspecified atom stereocenters. The van der Waals surface area contributed by atoms with Crippen LogP contribution in [0, 0.1) is 35.9 Å². The Balaban J connectivity index is 4.78. The van der Waals surface area contributed by atoms with E-state index >= 15 is 0 Å². The molecule has 0 saturated heterocycles. The minimum absolute atomic E-state index is 0.788. The molecular formula is C12H15NO3. The van der Waals surface area contributed by atoms with Crippen molar-refractivity contribution in [1.29, 1.82) is 0 Å². The maximum atomic E-state index is 8.96. The van der Waals surface area contributed by atoms with Gasteiger partial charge in [0.2, 0.25) is 0 Å². The summed E-state index contributed by atoms with van der Waals surface area (Å²) in [6, 6.07) is 7.48. The van der Waals surface area contributed by atoms with Crippen LogP contribution in [0.2, 0.25) is 0 Å². The molecule has 4 heteroatoms. The van der Waals surface area contributed by atoms with E-state index in [4.69, 9.17) is 15.3 Å². The van der Waals surface area contributed by atoms with Crippen LogP contribution in [0.1, 0.15) is 20.8 Å². The molecule has 4 nitrogen and oxygen atoms in total. The summed E-state index contributed by atoms with van der Waals surface area (Å²) in [6.07, 6.45) is -2.36. The van der Waals surface area contributed by atoms with Gasteiger partial charge < -0.3 is 15.3 Å². The lowest BCUT2D eigenvalue weighted by Crippen LogP contribution is -2.07. The van der Waals surface area contributed by atoms with E-state index < -0.39 is 18.3 Å². The zero-order valence-corrected chi connectivity index (χ0v) is 9.52. The summed E-state index contributed by atoms with van der Waals surface area (Å²) in [7, 11) is 0. The quantitative estimate of drug-likeness (QED) is 0.374. The first kappa shape index (κ1) is 14.4. The highest BCUT2D eigenvalue weighted by Gasteiger charge is 1.92. The molecule has 3 atom stereocenters. The zero-order chi connectivity index (χ0) is 12.6. The van der Waals surface area contributed by atoms with Crippen LogP contribution in [0.25, 0.3) is 0 Å². The summed E-state index contributed by atoms with van der Waals surface area (Å²) in [4.78, 5) is 1.10. The summed E-state index contributed by atoms with van der Waals surface area (Å²) in [6.45, 7) is 4.53. The topological polar surface area (TPSA) is 63.9 Å². The van der Waals surface area contributed by atoms with E-state index in [0.717, 1.165) is 4.90 Å². The Morgan fingerprint density at radius 3 is 1.12 bits per heavy atom. The minimum atomic E-state index is -0.788. The van der Waals surface area contributed by atoms with Crippen LogP contribution >= 0.6 is 0 Å². The van der Waals surface area contributed by atoms with Crippen molar-refractivity contribution in [3.05, 3.63) is 0 Å². The van der Waals surface area contributed by atoms with E-state index in [0.29, 0.717) is 0 Å². The molecule has 0 aliphatic rings. The molecular weight excluding hydrogens is 206 g/mol. The summed E-state index contributed by atoms with van der Waals surface area (Å²) >= 11 is 0. The van der Waals surface area contributed by atoms with Gasteiger partial charge in [-0.05, 0) is 38.5 Å². The monoisotopic (exact) mass is 221 g/mol. The van der Waals surface area contributed by atoms with E-state index in [9.17, 15) is 0 Å². The number of nitrogens with zero attached hydrogens (tertiary/aromatic N) is 1. The van der Waals surface area contributed by atoms with Gasteiger partial charge in [-0.3, -0.25) is 0 Å². The predicted octanol–water partition coefficient (Wildman–Crippen LogP) is -0.687. The fourth-order valence-corrected chi connectivity index (χ4v) is 0.558. The Morgan fingerprint density at radius 1 is 0.688 bits per heavy atom. The Morgan fingerprint density at radius 2 is 0.938 bits per heavy atom. The molecule has 0 bridgehead atoms. The Kier molecular flexibility index (Phi) is 6.84. The largest absolute Gasteiger partial charge is 0.381 e. The van der Waals surface area contributed by atoms with Crippen LogP contribution in [0.5, 0.6) is 0 Å².